The molecule has 1 N–H and O–H groups in total. The van der Waals surface area contributed by atoms with Crippen molar-refractivity contribution in [1.82, 2.24) is 10.2 Å². The summed E-state index contributed by atoms with van der Waals surface area (Å²) in [5.74, 6) is 2.41. The van der Waals surface area contributed by atoms with Gasteiger partial charge in [-0.25, -0.2) is 0 Å². The SMILES string of the molecule is COc1cc2c(N3CCC(O)(c4ccc(C)cc4)CC3)nncc2c(OC)c1OC. The lowest BCUT2D eigenvalue weighted by Gasteiger charge is -2.39. The molecule has 3 aromatic rings. The zero-order chi connectivity index (χ0) is 21.3. The van der Waals surface area contributed by atoms with Gasteiger partial charge >= 0.3 is 0 Å². The van der Waals surface area contributed by atoms with Gasteiger partial charge in [-0.05, 0) is 31.4 Å². The molecule has 2 heterocycles. The van der Waals surface area contributed by atoms with Gasteiger partial charge in [0, 0.05) is 18.5 Å². The number of aliphatic hydroxyl groups is 1. The number of benzene rings is 2. The summed E-state index contributed by atoms with van der Waals surface area (Å²) in [5.41, 5.74) is 1.31. The average molecular weight is 409 g/mol. The van der Waals surface area contributed by atoms with Crippen molar-refractivity contribution in [3.8, 4) is 17.2 Å². The molecule has 7 nitrogen and oxygen atoms in total. The number of anilines is 1. The van der Waals surface area contributed by atoms with Crippen molar-refractivity contribution >= 4 is 16.6 Å². The third-order valence-electron chi connectivity index (χ3n) is 5.93. The molecule has 1 aliphatic heterocycles. The summed E-state index contributed by atoms with van der Waals surface area (Å²) in [6.07, 6.45) is 2.89. The van der Waals surface area contributed by atoms with Crippen molar-refractivity contribution < 1.29 is 19.3 Å². The van der Waals surface area contributed by atoms with Crippen molar-refractivity contribution in [2.45, 2.75) is 25.4 Å². The Balaban J connectivity index is 1.68. The van der Waals surface area contributed by atoms with Gasteiger partial charge in [-0.1, -0.05) is 29.8 Å². The molecule has 0 unspecified atom stereocenters. The van der Waals surface area contributed by atoms with Gasteiger partial charge in [0.05, 0.1) is 38.5 Å². The highest BCUT2D eigenvalue weighted by Gasteiger charge is 2.35. The summed E-state index contributed by atoms with van der Waals surface area (Å²) in [7, 11) is 4.78. The first-order chi connectivity index (χ1) is 14.5. The Hall–Kier alpha value is -3.06. The minimum absolute atomic E-state index is 0.527. The summed E-state index contributed by atoms with van der Waals surface area (Å²) in [4.78, 5) is 2.16. The molecule has 158 valence electrons. The molecule has 0 bridgehead atoms. The van der Waals surface area contributed by atoms with Crippen molar-refractivity contribution in [1.29, 1.82) is 0 Å². The number of aryl methyl sites for hydroxylation is 1. The smallest absolute Gasteiger partial charge is 0.204 e. The first-order valence-corrected chi connectivity index (χ1v) is 9.99. The number of methoxy groups -OCH3 is 3. The summed E-state index contributed by atoms with van der Waals surface area (Å²) in [6.45, 7) is 3.37. The molecule has 0 radical (unpaired) electrons. The quantitative estimate of drug-likeness (QED) is 0.692. The molecule has 0 amide bonds. The van der Waals surface area contributed by atoms with Gasteiger partial charge in [0.2, 0.25) is 5.75 Å². The number of piperidine rings is 1. The van der Waals surface area contributed by atoms with Gasteiger partial charge in [-0.3, -0.25) is 0 Å². The van der Waals surface area contributed by atoms with Crippen LogP contribution in [0.25, 0.3) is 10.8 Å². The van der Waals surface area contributed by atoms with E-state index in [4.69, 9.17) is 14.2 Å². The molecule has 0 spiro atoms. The molecule has 1 saturated heterocycles. The van der Waals surface area contributed by atoms with Gasteiger partial charge in [-0.15, -0.1) is 5.10 Å². The number of nitrogens with zero attached hydrogens (tertiary/aromatic N) is 3. The lowest BCUT2D eigenvalue weighted by Crippen LogP contribution is -2.43. The van der Waals surface area contributed by atoms with Crippen LogP contribution >= 0.6 is 0 Å². The molecule has 30 heavy (non-hydrogen) atoms. The molecule has 4 rings (SSSR count). The first kappa shape index (κ1) is 20.2. The maximum Gasteiger partial charge on any atom is 0.204 e. The van der Waals surface area contributed by atoms with E-state index in [1.54, 1.807) is 27.5 Å². The maximum atomic E-state index is 11.2. The largest absolute Gasteiger partial charge is 0.493 e. The maximum absolute atomic E-state index is 11.2. The van der Waals surface area contributed by atoms with E-state index in [0.29, 0.717) is 43.2 Å². The van der Waals surface area contributed by atoms with Crippen molar-refractivity contribution in [3.05, 3.63) is 47.7 Å². The highest BCUT2D eigenvalue weighted by atomic mass is 16.5. The fourth-order valence-corrected chi connectivity index (χ4v) is 4.16. The zero-order valence-electron chi connectivity index (χ0n) is 17.8. The standard InChI is InChI=1S/C23H27N3O4/c1-15-5-7-16(8-6-15)23(27)9-11-26(12-10-23)22-17-13-19(28-2)21(30-4)20(29-3)18(17)14-24-25-22/h5-8,13-14,27H,9-12H2,1-4H3. The highest BCUT2D eigenvalue weighted by molar-refractivity contribution is 5.99. The van der Waals surface area contributed by atoms with Crippen LogP contribution < -0.4 is 19.1 Å². The molecular formula is C23H27N3O4. The molecule has 1 fully saturated rings. The molecule has 0 aliphatic carbocycles. The van der Waals surface area contributed by atoms with E-state index in [-0.39, 0.29) is 0 Å². The Kier molecular flexibility index (Phi) is 5.39. The van der Waals surface area contributed by atoms with E-state index in [9.17, 15) is 5.11 Å². The number of hydrogen-bond donors (Lipinski definition) is 1. The molecule has 1 aliphatic rings. The van der Waals surface area contributed by atoms with Crippen LogP contribution in [0.4, 0.5) is 5.82 Å². The van der Waals surface area contributed by atoms with Gasteiger partial charge < -0.3 is 24.2 Å². The predicted octanol–water partition coefficient (Wildman–Crippen LogP) is 3.45. The number of fused-ring (bicyclic) bond motifs is 1. The Morgan fingerprint density at radius 1 is 0.933 bits per heavy atom. The van der Waals surface area contributed by atoms with Crippen LogP contribution in [0.2, 0.25) is 0 Å². The third-order valence-corrected chi connectivity index (χ3v) is 5.93. The minimum atomic E-state index is -0.833. The number of rotatable bonds is 5. The normalized spacial score (nSPS) is 15.8. The number of ether oxygens (including phenoxy) is 3. The van der Waals surface area contributed by atoms with E-state index in [1.807, 2.05) is 37.3 Å². The van der Waals surface area contributed by atoms with Crippen molar-refractivity contribution in [3.63, 3.8) is 0 Å². The van der Waals surface area contributed by atoms with Gasteiger partial charge in [0.15, 0.2) is 17.3 Å². The van der Waals surface area contributed by atoms with Gasteiger partial charge in [0.1, 0.15) is 0 Å². The fourth-order valence-electron chi connectivity index (χ4n) is 4.16. The molecule has 1 aromatic heterocycles. The summed E-state index contributed by atoms with van der Waals surface area (Å²) < 4.78 is 16.6. The van der Waals surface area contributed by atoms with E-state index in [0.717, 1.165) is 22.2 Å². The molecule has 0 atom stereocenters. The van der Waals surface area contributed by atoms with Crippen LogP contribution in [0.15, 0.2) is 36.5 Å². The van der Waals surface area contributed by atoms with Crippen molar-refractivity contribution in [2.75, 3.05) is 39.3 Å². The van der Waals surface area contributed by atoms with E-state index in [1.165, 1.54) is 5.56 Å². The second-order valence-corrected chi connectivity index (χ2v) is 7.66. The van der Waals surface area contributed by atoms with E-state index < -0.39 is 5.60 Å². The minimum Gasteiger partial charge on any atom is -0.493 e. The molecule has 0 saturated carbocycles. The van der Waals surface area contributed by atoms with E-state index in [2.05, 4.69) is 15.1 Å². The topological polar surface area (TPSA) is 76.9 Å². The summed E-state index contributed by atoms with van der Waals surface area (Å²) in [5, 5.41) is 21.5. The van der Waals surface area contributed by atoms with Crippen LogP contribution in [0.5, 0.6) is 17.2 Å². The number of hydrogen-bond acceptors (Lipinski definition) is 7. The van der Waals surface area contributed by atoms with Crippen LogP contribution in [0.3, 0.4) is 0 Å². The van der Waals surface area contributed by atoms with Crippen molar-refractivity contribution in [2.24, 2.45) is 0 Å². The Bertz CT molecular complexity index is 1040. The Morgan fingerprint density at radius 3 is 2.20 bits per heavy atom. The Labute approximate surface area is 176 Å². The van der Waals surface area contributed by atoms with Crippen LogP contribution in [0.1, 0.15) is 24.0 Å². The lowest BCUT2D eigenvalue weighted by atomic mass is 9.84. The molecule has 7 heteroatoms. The van der Waals surface area contributed by atoms with Crippen LogP contribution in [-0.4, -0.2) is 49.7 Å². The molecule has 2 aromatic carbocycles. The first-order valence-electron chi connectivity index (χ1n) is 9.99. The highest BCUT2D eigenvalue weighted by Crippen LogP contribution is 2.45. The van der Waals surface area contributed by atoms with Crippen LogP contribution in [-0.2, 0) is 5.60 Å². The van der Waals surface area contributed by atoms with Crippen LogP contribution in [0, 0.1) is 6.92 Å². The molecular weight excluding hydrogens is 382 g/mol. The third kappa shape index (κ3) is 3.39. The van der Waals surface area contributed by atoms with Gasteiger partial charge in [0.25, 0.3) is 0 Å². The monoisotopic (exact) mass is 409 g/mol. The number of aromatic nitrogens is 2. The average Bonchev–Trinajstić information content (AvgIpc) is 2.78. The summed E-state index contributed by atoms with van der Waals surface area (Å²) >= 11 is 0. The lowest BCUT2D eigenvalue weighted by molar-refractivity contribution is 0.0117. The second kappa shape index (κ2) is 7.99. The van der Waals surface area contributed by atoms with E-state index >= 15 is 0 Å². The fraction of sp³-hybridized carbons (Fsp3) is 0.391. The Morgan fingerprint density at radius 2 is 1.60 bits per heavy atom. The predicted molar refractivity (Wildman–Crippen MR) is 116 cm³/mol. The zero-order valence-corrected chi connectivity index (χ0v) is 17.8. The summed E-state index contributed by atoms with van der Waals surface area (Å²) in [6, 6.07) is 10.0. The van der Waals surface area contributed by atoms with Gasteiger partial charge in [-0.2, -0.15) is 5.10 Å². The second-order valence-electron chi connectivity index (χ2n) is 7.66.